The van der Waals surface area contributed by atoms with Crippen molar-refractivity contribution in [2.75, 3.05) is 6.61 Å². The number of hydrogen-bond donors (Lipinski definition) is 0. The summed E-state index contributed by atoms with van der Waals surface area (Å²) in [6.45, 7) is 7.70. The lowest BCUT2D eigenvalue weighted by molar-refractivity contribution is -0.147. The normalized spacial score (nSPS) is 11.1. The molecular weight excluding hydrogens is 168 g/mol. The molecule has 0 bridgehead atoms. The van der Waals surface area contributed by atoms with E-state index in [1.807, 2.05) is 6.92 Å². The molecule has 0 aromatic carbocycles. The fourth-order valence-corrected chi connectivity index (χ4v) is 0.663. The van der Waals surface area contributed by atoms with Gasteiger partial charge in [-0.1, -0.05) is 27.7 Å². The van der Waals surface area contributed by atoms with Crippen LogP contribution in [0.4, 0.5) is 0 Å². The Morgan fingerprint density at radius 3 is 2.15 bits per heavy atom. The first-order valence-corrected chi connectivity index (χ1v) is 4.57. The van der Waals surface area contributed by atoms with Crippen LogP contribution in [0.2, 0.25) is 0 Å². The van der Waals surface area contributed by atoms with Crippen LogP contribution in [0, 0.1) is 5.41 Å². The third-order valence-electron chi connectivity index (χ3n) is 1.61. The van der Waals surface area contributed by atoms with Crippen LogP contribution in [0.15, 0.2) is 0 Å². The number of ketones is 1. The largest absolute Gasteiger partial charge is 0.465 e. The zero-order valence-corrected chi connectivity index (χ0v) is 8.85. The summed E-state index contributed by atoms with van der Waals surface area (Å²) in [6.07, 6.45) is 0.680. The summed E-state index contributed by atoms with van der Waals surface area (Å²) in [6, 6.07) is 0. The van der Waals surface area contributed by atoms with Crippen molar-refractivity contribution in [3.63, 3.8) is 0 Å². The van der Waals surface area contributed by atoms with Gasteiger partial charge in [-0.2, -0.15) is 0 Å². The second-order valence-corrected chi connectivity index (χ2v) is 4.07. The van der Waals surface area contributed by atoms with Gasteiger partial charge in [-0.15, -0.1) is 0 Å². The van der Waals surface area contributed by atoms with E-state index < -0.39 is 11.4 Å². The molecule has 0 atom stereocenters. The van der Waals surface area contributed by atoms with Gasteiger partial charge in [-0.25, -0.2) is 0 Å². The lowest BCUT2D eigenvalue weighted by Crippen LogP contribution is -2.24. The van der Waals surface area contributed by atoms with Crippen molar-refractivity contribution in [3.8, 4) is 0 Å². The highest BCUT2D eigenvalue weighted by Crippen LogP contribution is 2.16. The van der Waals surface area contributed by atoms with Gasteiger partial charge in [0.25, 0.3) is 0 Å². The van der Waals surface area contributed by atoms with Gasteiger partial charge >= 0.3 is 5.97 Å². The maximum atomic E-state index is 11.3. The van der Waals surface area contributed by atoms with Crippen LogP contribution in [-0.4, -0.2) is 18.4 Å². The molecule has 76 valence electrons. The van der Waals surface area contributed by atoms with E-state index in [1.54, 1.807) is 20.8 Å². The Kier molecular flexibility index (Phi) is 4.67. The average Bonchev–Trinajstić information content (AvgIpc) is 1.99. The fraction of sp³-hybridized carbons (Fsp3) is 0.800. The summed E-state index contributed by atoms with van der Waals surface area (Å²) in [5, 5.41) is 0. The quantitative estimate of drug-likeness (QED) is 0.498. The summed E-state index contributed by atoms with van der Waals surface area (Å²) in [7, 11) is 0. The van der Waals surface area contributed by atoms with Crippen LogP contribution in [0.5, 0.6) is 0 Å². The molecule has 0 aliphatic rings. The van der Waals surface area contributed by atoms with Gasteiger partial charge in [-0.3, -0.25) is 9.59 Å². The Balaban J connectivity index is 3.86. The molecule has 0 heterocycles. The minimum atomic E-state index is -0.453. The topological polar surface area (TPSA) is 43.4 Å². The maximum Gasteiger partial charge on any atom is 0.313 e. The van der Waals surface area contributed by atoms with E-state index in [1.165, 1.54) is 0 Å². The van der Waals surface area contributed by atoms with Crippen LogP contribution in [-0.2, 0) is 14.3 Å². The summed E-state index contributed by atoms with van der Waals surface area (Å²) in [4.78, 5) is 22.4. The van der Waals surface area contributed by atoms with Crippen molar-refractivity contribution in [1.82, 2.24) is 0 Å². The SMILES string of the molecule is CCCOC(=O)CC(=O)C(C)(C)C. The summed E-state index contributed by atoms with van der Waals surface area (Å²) in [5.74, 6) is -0.490. The summed E-state index contributed by atoms with van der Waals surface area (Å²) >= 11 is 0. The number of carbonyl (C=O) groups is 2. The van der Waals surface area contributed by atoms with Gasteiger partial charge in [0, 0.05) is 5.41 Å². The molecular formula is C10H18O3. The average molecular weight is 186 g/mol. The van der Waals surface area contributed by atoms with Crippen molar-refractivity contribution in [2.24, 2.45) is 5.41 Å². The Hall–Kier alpha value is -0.860. The van der Waals surface area contributed by atoms with Gasteiger partial charge in [0.1, 0.15) is 12.2 Å². The summed E-state index contributed by atoms with van der Waals surface area (Å²) in [5.41, 5.74) is -0.453. The monoisotopic (exact) mass is 186 g/mol. The summed E-state index contributed by atoms with van der Waals surface area (Å²) < 4.78 is 4.80. The molecule has 0 N–H and O–H groups in total. The van der Waals surface area contributed by atoms with Crippen LogP contribution in [0.1, 0.15) is 40.5 Å². The van der Waals surface area contributed by atoms with Crippen molar-refractivity contribution in [1.29, 1.82) is 0 Å². The number of esters is 1. The lowest BCUT2D eigenvalue weighted by Gasteiger charge is -2.15. The van der Waals surface area contributed by atoms with Crippen LogP contribution < -0.4 is 0 Å². The van der Waals surface area contributed by atoms with E-state index in [4.69, 9.17) is 4.74 Å². The molecule has 0 aliphatic heterocycles. The predicted molar refractivity (Wildman–Crippen MR) is 50.3 cm³/mol. The van der Waals surface area contributed by atoms with Gasteiger partial charge in [0.2, 0.25) is 0 Å². The molecule has 13 heavy (non-hydrogen) atoms. The van der Waals surface area contributed by atoms with E-state index in [2.05, 4.69) is 0 Å². The third kappa shape index (κ3) is 5.39. The highest BCUT2D eigenvalue weighted by Gasteiger charge is 2.23. The van der Waals surface area contributed by atoms with Gasteiger partial charge < -0.3 is 4.74 Å². The lowest BCUT2D eigenvalue weighted by atomic mass is 9.89. The van der Waals surface area contributed by atoms with Crippen molar-refractivity contribution in [3.05, 3.63) is 0 Å². The smallest absolute Gasteiger partial charge is 0.313 e. The second kappa shape index (κ2) is 5.00. The van der Waals surface area contributed by atoms with E-state index in [-0.39, 0.29) is 12.2 Å². The first kappa shape index (κ1) is 12.1. The molecule has 0 spiro atoms. The van der Waals surface area contributed by atoms with Crippen LogP contribution >= 0.6 is 0 Å². The van der Waals surface area contributed by atoms with E-state index in [0.29, 0.717) is 6.61 Å². The van der Waals surface area contributed by atoms with E-state index >= 15 is 0 Å². The molecule has 0 radical (unpaired) electrons. The fourth-order valence-electron chi connectivity index (χ4n) is 0.663. The number of ether oxygens (including phenoxy) is 1. The molecule has 0 amide bonds. The van der Waals surface area contributed by atoms with Crippen molar-refractivity contribution < 1.29 is 14.3 Å². The zero-order chi connectivity index (χ0) is 10.5. The molecule has 0 saturated heterocycles. The highest BCUT2D eigenvalue weighted by molar-refractivity contribution is 5.98. The minimum Gasteiger partial charge on any atom is -0.465 e. The number of carbonyl (C=O) groups excluding carboxylic acids is 2. The van der Waals surface area contributed by atoms with Crippen molar-refractivity contribution in [2.45, 2.75) is 40.5 Å². The van der Waals surface area contributed by atoms with E-state index in [9.17, 15) is 9.59 Å². The Bertz CT molecular complexity index is 189. The molecule has 0 unspecified atom stereocenters. The zero-order valence-electron chi connectivity index (χ0n) is 8.85. The number of rotatable bonds is 4. The molecule has 0 fully saturated rings. The molecule has 0 aliphatic carbocycles. The molecule has 0 aromatic rings. The van der Waals surface area contributed by atoms with Crippen LogP contribution in [0.3, 0.4) is 0 Å². The van der Waals surface area contributed by atoms with Crippen molar-refractivity contribution >= 4 is 11.8 Å². The predicted octanol–water partition coefficient (Wildman–Crippen LogP) is 1.94. The number of Topliss-reactive ketones (excluding diaryl/α,β-unsaturated/α-hetero) is 1. The Labute approximate surface area is 79.5 Å². The Morgan fingerprint density at radius 2 is 1.77 bits per heavy atom. The molecule has 0 aromatic heterocycles. The molecule has 3 heteroatoms. The second-order valence-electron chi connectivity index (χ2n) is 4.07. The Morgan fingerprint density at radius 1 is 1.23 bits per heavy atom. The van der Waals surface area contributed by atoms with Gasteiger partial charge in [0.15, 0.2) is 0 Å². The standard InChI is InChI=1S/C10H18O3/c1-5-6-13-9(12)7-8(11)10(2,3)4/h5-7H2,1-4H3. The third-order valence-corrected chi connectivity index (χ3v) is 1.61. The maximum absolute atomic E-state index is 11.3. The molecule has 0 rings (SSSR count). The highest BCUT2D eigenvalue weighted by atomic mass is 16.5. The molecule has 3 nitrogen and oxygen atoms in total. The first-order chi connectivity index (χ1) is 5.88. The molecule has 0 saturated carbocycles. The minimum absolute atomic E-state index is 0.0754. The number of hydrogen-bond acceptors (Lipinski definition) is 3. The van der Waals surface area contributed by atoms with Gasteiger partial charge in [0.05, 0.1) is 6.61 Å². The van der Waals surface area contributed by atoms with E-state index in [0.717, 1.165) is 6.42 Å². The first-order valence-electron chi connectivity index (χ1n) is 4.57. The van der Waals surface area contributed by atoms with Crippen LogP contribution in [0.25, 0.3) is 0 Å². The van der Waals surface area contributed by atoms with Gasteiger partial charge in [-0.05, 0) is 6.42 Å².